The monoisotopic (exact) mass is 545 g/mol. The van der Waals surface area contributed by atoms with Gasteiger partial charge in [-0.25, -0.2) is 23.7 Å². The van der Waals surface area contributed by atoms with E-state index in [0.717, 1.165) is 30.9 Å². The van der Waals surface area contributed by atoms with Crippen molar-refractivity contribution in [1.82, 2.24) is 25.3 Å². The molecule has 2 atom stereocenters. The van der Waals surface area contributed by atoms with Crippen molar-refractivity contribution in [3.05, 3.63) is 77.4 Å². The Morgan fingerprint density at radius 2 is 1.87 bits per heavy atom. The first-order valence-electron chi connectivity index (χ1n) is 12.6. The van der Waals surface area contributed by atoms with Crippen molar-refractivity contribution >= 4 is 39.1 Å². The van der Waals surface area contributed by atoms with Gasteiger partial charge in [0.05, 0.1) is 11.2 Å². The van der Waals surface area contributed by atoms with Crippen molar-refractivity contribution in [3.8, 4) is 22.6 Å². The van der Waals surface area contributed by atoms with E-state index < -0.39 is 11.6 Å². The van der Waals surface area contributed by atoms with Gasteiger partial charge in [-0.1, -0.05) is 30.3 Å². The number of nitrogen functional groups attached to an aromatic ring is 1. The van der Waals surface area contributed by atoms with E-state index in [4.69, 9.17) is 15.7 Å². The first-order valence-corrected chi connectivity index (χ1v) is 13.5. The van der Waals surface area contributed by atoms with Crippen LogP contribution < -0.4 is 16.4 Å². The summed E-state index contributed by atoms with van der Waals surface area (Å²) in [5, 5.41) is 8.96. The Hall–Kier alpha value is -4.38. The topological polar surface area (TPSA) is 122 Å². The molecule has 8 nitrogen and oxygen atoms in total. The fourth-order valence-electron chi connectivity index (χ4n) is 5.05. The predicted octanol–water partition coefficient (Wildman–Crippen LogP) is 5.76. The molecule has 11 heteroatoms. The van der Waals surface area contributed by atoms with Crippen LogP contribution in [0.5, 0.6) is 0 Å². The Morgan fingerprint density at radius 1 is 1.05 bits per heavy atom. The molecule has 0 saturated heterocycles. The number of rotatable bonds is 6. The summed E-state index contributed by atoms with van der Waals surface area (Å²) >= 11 is 1.23. The molecule has 0 radical (unpaired) electrons. The third-order valence-electron chi connectivity index (χ3n) is 6.86. The number of aromatic nitrogens is 4. The Bertz CT molecular complexity index is 1650. The van der Waals surface area contributed by atoms with Crippen molar-refractivity contribution < 1.29 is 13.6 Å². The summed E-state index contributed by atoms with van der Waals surface area (Å²) in [5.41, 5.74) is 8.26. The van der Waals surface area contributed by atoms with Crippen LogP contribution >= 0.6 is 11.3 Å². The minimum Gasteiger partial charge on any atom is -0.375 e. The molecule has 198 valence electrons. The summed E-state index contributed by atoms with van der Waals surface area (Å²) in [6.45, 7) is 0. The van der Waals surface area contributed by atoms with Gasteiger partial charge in [-0.3, -0.25) is 4.79 Å². The maximum atomic E-state index is 14.4. The van der Waals surface area contributed by atoms with Crippen molar-refractivity contribution in [2.24, 2.45) is 0 Å². The molecule has 2 aromatic carbocycles. The number of carbonyl (C=O) groups is 1. The molecule has 1 saturated carbocycles. The molecule has 0 spiro atoms. The van der Waals surface area contributed by atoms with E-state index in [1.54, 1.807) is 11.6 Å². The number of aromatic amines is 1. The van der Waals surface area contributed by atoms with Gasteiger partial charge in [0.2, 0.25) is 0 Å². The lowest BCUT2D eigenvalue weighted by Gasteiger charge is -2.30. The highest BCUT2D eigenvalue weighted by molar-refractivity contribution is 7.13. The average Bonchev–Trinajstić information content (AvgIpc) is 3.56. The van der Waals surface area contributed by atoms with Crippen molar-refractivity contribution in [2.45, 2.75) is 37.8 Å². The highest BCUT2D eigenvalue weighted by atomic mass is 32.1. The predicted molar refractivity (Wildman–Crippen MR) is 148 cm³/mol. The van der Waals surface area contributed by atoms with E-state index >= 15 is 0 Å². The molecule has 1 fully saturated rings. The molecule has 0 bridgehead atoms. The number of benzene rings is 2. The van der Waals surface area contributed by atoms with E-state index in [0.29, 0.717) is 45.5 Å². The zero-order chi connectivity index (χ0) is 26.9. The third kappa shape index (κ3) is 5.30. The van der Waals surface area contributed by atoms with Gasteiger partial charge in [0.25, 0.3) is 5.91 Å². The highest BCUT2D eigenvalue weighted by Gasteiger charge is 2.25. The van der Waals surface area contributed by atoms with Crippen LogP contribution in [0.15, 0.2) is 60.1 Å². The maximum absolute atomic E-state index is 14.4. The number of hydrogen-bond donors (Lipinski definition) is 4. The van der Waals surface area contributed by atoms with E-state index in [1.807, 2.05) is 36.4 Å². The maximum Gasteiger partial charge on any atom is 0.271 e. The molecule has 2 unspecified atom stereocenters. The normalized spacial score (nSPS) is 17.3. The molecule has 1 aliphatic rings. The summed E-state index contributed by atoms with van der Waals surface area (Å²) < 4.78 is 28.5. The van der Waals surface area contributed by atoms with Crippen molar-refractivity contribution in [2.75, 3.05) is 11.1 Å². The number of halogens is 2. The second kappa shape index (κ2) is 10.4. The van der Waals surface area contributed by atoms with E-state index in [9.17, 15) is 13.6 Å². The lowest BCUT2D eigenvalue weighted by molar-refractivity contribution is 0.0922. The molecule has 3 aromatic heterocycles. The molecule has 3 heterocycles. The van der Waals surface area contributed by atoms with E-state index in [2.05, 4.69) is 20.6 Å². The lowest BCUT2D eigenvalue weighted by atomic mass is 9.91. The molecule has 39 heavy (non-hydrogen) atoms. The van der Waals surface area contributed by atoms with Gasteiger partial charge in [-0.2, -0.15) is 0 Å². The van der Waals surface area contributed by atoms with Crippen LogP contribution in [-0.4, -0.2) is 37.9 Å². The highest BCUT2D eigenvalue weighted by Crippen LogP contribution is 2.32. The SMILES string of the molecule is Nc1nc(C(=O)NC2CCCC(Nc3cc(-c4ccccc4)nc(-c4c[nH]c5c(F)cc(F)cc45)n3)C2)cs1. The minimum atomic E-state index is -0.676. The Kier molecular flexibility index (Phi) is 6.65. The second-order valence-corrected chi connectivity index (χ2v) is 10.5. The molecule has 6 rings (SSSR count). The van der Waals surface area contributed by atoms with Gasteiger partial charge in [-0.15, -0.1) is 11.3 Å². The zero-order valence-corrected chi connectivity index (χ0v) is 21.6. The van der Waals surface area contributed by atoms with Gasteiger partial charge in [0, 0.05) is 52.3 Å². The summed E-state index contributed by atoms with van der Waals surface area (Å²) in [7, 11) is 0. The lowest BCUT2D eigenvalue weighted by Crippen LogP contribution is -2.42. The quantitative estimate of drug-likeness (QED) is 0.215. The summed E-state index contributed by atoms with van der Waals surface area (Å²) in [6, 6.07) is 13.7. The Labute approximate surface area is 226 Å². The molecule has 0 aliphatic heterocycles. The number of thiazole rings is 1. The van der Waals surface area contributed by atoms with Crippen LogP contribution in [0.25, 0.3) is 33.5 Å². The van der Waals surface area contributed by atoms with Crippen LogP contribution in [-0.2, 0) is 0 Å². The molecular weight excluding hydrogens is 520 g/mol. The molecule has 5 N–H and O–H groups in total. The van der Waals surface area contributed by atoms with Crippen LogP contribution in [0.2, 0.25) is 0 Å². The van der Waals surface area contributed by atoms with Gasteiger partial charge in [0.15, 0.2) is 11.0 Å². The fourth-order valence-corrected chi connectivity index (χ4v) is 5.59. The molecule has 1 amide bonds. The number of H-pyrrole nitrogens is 1. The third-order valence-corrected chi connectivity index (χ3v) is 7.53. The van der Waals surface area contributed by atoms with E-state index in [1.165, 1.54) is 17.4 Å². The van der Waals surface area contributed by atoms with Crippen molar-refractivity contribution in [1.29, 1.82) is 0 Å². The number of amides is 1. The van der Waals surface area contributed by atoms with Gasteiger partial charge < -0.3 is 21.4 Å². The first kappa shape index (κ1) is 24.9. The van der Waals surface area contributed by atoms with Crippen LogP contribution in [0.1, 0.15) is 36.2 Å². The number of hydrogen-bond acceptors (Lipinski definition) is 7. The van der Waals surface area contributed by atoms with Gasteiger partial charge in [0.1, 0.15) is 23.1 Å². The summed E-state index contributed by atoms with van der Waals surface area (Å²) in [4.78, 5) is 29.1. The van der Waals surface area contributed by atoms with Crippen LogP contribution in [0, 0.1) is 11.6 Å². The number of carbonyl (C=O) groups excluding carboxylic acids is 1. The van der Waals surface area contributed by atoms with Gasteiger partial charge >= 0.3 is 0 Å². The molecular formula is C28H25F2N7OS. The Morgan fingerprint density at radius 3 is 2.67 bits per heavy atom. The van der Waals surface area contributed by atoms with Crippen molar-refractivity contribution in [3.63, 3.8) is 0 Å². The largest absolute Gasteiger partial charge is 0.375 e. The second-order valence-electron chi connectivity index (χ2n) is 9.59. The summed E-state index contributed by atoms with van der Waals surface area (Å²) in [5.74, 6) is -0.646. The molecule has 1 aliphatic carbocycles. The number of fused-ring (bicyclic) bond motifs is 1. The van der Waals surface area contributed by atoms with Crippen LogP contribution in [0.4, 0.5) is 19.7 Å². The number of anilines is 2. The summed E-state index contributed by atoms with van der Waals surface area (Å²) in [6.07, 6.45) is 4.99. The standard InChI is InChI=1S/C28H25F2N7OS/c29-16-9-19-20(13-32-25(19)21(30)10-16)26-35-22(15-5-2-1-3-6-15)12-24(37-26)33-17-7-4-8-18(11-17)34-27(38)23-14-39-28(31)36-23/h1-3,5-6,9-10,12-14,17-18,32H,4,7-8,11H2,(H2,31,36)(H,34,38)(H,33,35,37). The van der Waals surface area contributed by atoms with E-state index in [-0.39, 0.29) is 23.5 Å². The average molecular weight is 546 g/mol. The van der Waals surface area contributed by atoms with Gasteiger partial charge in [-0.05, 0) is 31.7 Å². The smallest absolute Gasteiger partial charge is 0.271 e. The number of nitrogens with two attached hydrogens (primary N) is 1. The number of nitrogens with one attached hydrogen (secondary N) is 3. The molecule has 5 aromatic rings. The fraction of sp³-hybridized carbons (Fsp3) is 0.214. The van der Waals surface area contributed by atoms with Crippen LogP contribution in [0.3, 0.4) is 0 Å². The minimum absolute atomic E-state index is 0.0267. The zero-order valence-electron chi connectivity index (χ0n) is 20.7. The Balaban J connectivity index is 1.29. The first-order chi connectivity index (χ1) is 18.9. The number of nitrogens with zero attached hydrogens (tertiary/aromatic N) is 3.